The molecule has 0 heterocycles. The van der Waals surface area contributed by atoms with Crippen molar-refractivity contribution in [3.05, 3.63) is 35.4 Å². The molecule has 6 nitrogen and oxygen atoms in total. The van der Waals surface area contributed by atoms with Crippen LogP contribution in [0.25, 0.3) is 0 Å². The first-order valence-corrected chi connectivity index (χ1v) is 9.02. The van der Waals surface area contributed by atoms with Crippen LogP contribution < -0.4 is 5.32 Å². The number of nitrogens with one attached hydrogen (secondary N) is 1. The molecule has 0 aliphatic carbocycles. The second-order valence-corrected chi connectivity index (χ2v) is 7.52. The Morgan fingerprint density at radius 2 is 1.54 bits per heavy atom. The lowest BCUT2D eigenvalue weighted by molar-refractivity contribution is -0.139. The minimum absolute atomic E-state index is 0.00906. The van der Waals surface area contributed by atoms with Crippen molar-refractivity contribution in [2.75, 3.05) is 13.1 Å². The van der Waals surface area contributed by atoms with Gasteiger partial charge in [0.05, 0.1) is 0 Å². The van der Waals surface area contributed by atoms with Gasteiger partial charge in [-0.05, 0) is 56.4 Å². The normalized spacial score (nSPS) is 12.3. The molecule has 0 bridgehead atoms. The summed E-state index contributed by atoms with van der Waals surface area (Å²) in [5.74, 6) is -1.58. The summed E-state index contributed by atoms with van der Waals surface area (Å²) in [6.45, 7) is 11.1. The molecule has 1 unspecified atom stereocenters. The van der Waals surface area contributed by atoms with Gasteiger partial charge in [-0.15, -0.1) is 0 Å². The van der Waals surface area contributed by atoms with E-state index < -0.39 is 17.9 Å². The summed E-state index contributed by atoms with van der Waals surface area (Å²) in [4.78, 5) is 37.7. The first kappa shape index (κ1) is 21.7. The van der Waals surface area contributed by atoms with E-state index in [-0.39, 0.29) is 11.3 Å². The van der Waals surface area contributed by atoms with Gasteiger partial charge in [0.25, 0.3) is 11.8 Å². The van der Waals surface area contributed by atoms with Crippen LogP contribution in [-0.4, -0.2) is 46.9 Å². The summed E-state index contributed by atoms with van der Waals surface area (Å²) >= 11 is 0. The van der Waals surface area contributed by atoms with Gasteiger partial charge in [0.2, 0.25) is 0 Å². The maximum atomic E-state index is 12.3. The molecular weight excluding hydrogens is 332 g/mol. The molecule has 1 aromatic carbocycles. The van der Waals surface area contributed by atoms with Crippen LogP contribution in [-0.2, 0) is 4.79 Å². The van der Waals surface area contributed by atoms with Gasteiger partial charge in [0.15, 0.2) is 0 Å². The van der Waals surface area contributed by atoms with Crippen molar-refractivity contribution >= 4 is 17.8 Å². The Balaban J connectivity index is 2.80. The molecule has 1 atom stereocenters. The third-order valence-corrected chi connectivity index (χ3v) is 4.23. The van der Waals surface area contributed by atoms with Crippen molar-refractivity contribution in [1.82, 2.24) is 10.2 Å². The topological polar surface area (TPSA) is 86.7 Å². The predicted molar refractivity (Wildman–Crippen MR) is 101 cm³/mol. The van der Waals surface area contributed by atoms with Crippen LogP contribution in [0.3, 0.4) is 0 Å². The van der Waals surface area contributed by atoms with Crippen molar-refractivity contribution in [3.8, 4) is 0 Å². The summed E-state index contributed by atoms with van der Waals surface area (Å²) in [7, 11) is 0. The van der Waals surface area contributed by atoms with E-state index in [0.29, 0.717) is 37.1 Å². The lowest BCUT2D eigenvalue weighted by Crippen LogP contribution is -2.41. The monoisotopic (exact) mass is 362 g/mol. The lowest BCUT2D eigenvalue weighted by atomic mass is 9.88. The molecule has 0 aliphatic heterocycles. The fourth-order valence-corrected chi connectivity index (χ4v) is 2.53. The maximum Gasteiger partial charge on any atom is 0.326 e. The average Bonchev–Trinajstić information content (AvgIpc) is 2.58. The van der Waals surface area contributed by atoms with E-state index in [2.05, 4.69) is 5.32 Å². The highest BCUT2D eigenvalue weighted by Crippen LogP contribution is 2.21. The quantitative estimate of drug-likeness (QED) is 0.743. The van der Waals surface area contributed by atoms with E-state index in [9.17, 15) is 19.5 Å². The summed E-state index contributed by atoms with van der Waals surface area (Å²) in [6.07, 6.45) is 1.05. The standard InChI is InChI=1S/C20H30N2O4/c1-6-22(7-2)18(24)15-10-8-14(9-11-15)17(23)21-16(19(25)26)12-13-20(3,4)5/h8-11,16H,6-7,12-13H2,1-5H3,(H,21,23)(H,25,26). The SMILES string of the molecule is CCN(CC)C(=O)c1ccc(C(=O)NC(CCC(C)(C)C)C(=O)O)cc1. The van der Waals surface area contributed by atoms with Crippen molar-refractivity contribution in [1.29, 1.82) is 0 Å². The number of carbonyl (C=O) groups is 3. The number of carbonyl (C=O) groups excluding carboxylic acids is 2. The molecule has 0 aromatic heterocycles. The number of benzene rings is 1. The summed E-state index contributed by atoms with van der Waals surface area (Å²) in [5.41, 5.74) is 0.834. The third kappa shape index (κ3) is 6.50. The predicted octanol–water partition coefficient (Wildman–Crippen LogP) is 3.18. The lowest BCUT2D eigenvalue weighted by Gasteiger charge is -2.21. The Bertz CT molecular complexity index is 628. The Hall–Kier alpha value is -2.37. The molecule has 1 rings (SSSR count). The molecule has 0 aliphatic rings. The van der Waals surface area contributed by atoms with Gasteiger partial charge in [0.1, 0.15) is 6.04 Å². The minimum Gasteiger partial charge on any atom is -0.480 e. The molecule has 0 fully saturated rings. The Kier molecular flexibility index (Phi) is 7.80. The van der Waals surface area contributed by atoms with E-state index in [1.165, 1.54) is 0 Å². The van der Waals surface area contributed by atoms with Crippen LogP contribution in [0.1, 0.15) is 68.2 Å². The van der Waals surface area contributed by atoms with E-state index >= 15 is 0 Å². The zero-order valence-corrected chi connectivity index (χ0v) is 16.3. The Labute approximate surface area is 155 Å². The summed E-state index contributed by atoms with van der Waals surface area (Å²) in [6, 6.07) is 5.36. The molecule has 0 saturated heterocycles. The first-order chi connectivity index (χ1) is 12.1. The Morgan fingerprint density at radius 1 is 1.04 bits per heavy atom. The number of hydrogen-bond acceptors (Lipinski definition) is 3. The van der Waals surface area contributed by atoms with Gasteiger partial charge in [-0.1, -0.05) is 20.8 Å². The summed E-state index contributed by atoms with van der Waals surface area (Å²) in [5, 5.41) is 11.9. The van der Waals surface area contributed by atoms with Crippen LogP contribution in [0.2, 0.25) is 0 Å². The van der Waals surface area contributed by atoms with E-state index in [1.54, 1.807) is 29.2 Å². The fourth-order valence-electron chi connectivity index (χ4n) is 2.53. The number of nitrogens with zero attached hydrogens (tertiary/aromatic N) is 1. The highest BCUT2D eigenvalue weighted by atomic mass is 16.4. The van der Waals surface area contributed by atoms with Gasteiger partial charge in [-0.3, -0.25) is 9.59 Å². The highest BCUT2D eigenvalue weighted by molar-refractivity contribution is 5.99. The number of aliphatic carboxylic acids is 1. The number of amides is 2. The van der Waals surface area contributed by atoms with Crippen molar-refractivity contribution < 1.29 is 19.5 Å². The molecule has 144 valence electrons. The highest BCUT2D eigenvalue weighted by Gasteiger charge is 2.23. The van der Waals surface area contributed by atoms with Crippen LogP contribution in [0, 0.1) is 5.41 Å². The number of hydrogen-bond donors (Lipinski definition) is 2. The fraction of sp³-hybridized carbons (Fsp3) is 0.550. The molecule has 0 radical (unpaired) electrons. The van der Waals surface area contributed by atoms with Crippen molar-refractivity contribution in [2.24, 2.45) is 5.41 Å². The smallest absolute Gasteiger partial charge is 0.326 e. The Morgan fingerprint density at radius 3 is 1.96 bits per heavy atom. The third-order valence-electron chi connectivity index (χ3n) is 4.23. The van der Waals surface area contributed by atoms with Crippen molar-refractivity contribution in [2.45, 2.75) is 53.5 Å². The number of rotatable bonds is 8. The van der Waals surface area contributed by atoms with Gasteiger partial charge >= 0.3 is 5.97 Å². The van der Waals surface area contributed by atoms with Gasteiger partial charge in [-0.25, -0.2) is 4.79 Å². The molecular formula is C20H30N2O4. The zero-order chi connectivity index (χ0) is 19.9. The number of carboxylic acids is 1. The van der Waals surface area contributed by atoms with Gasteiger partial charge < -0.3 is 15.3 Å². The molecule has 0 spiro atoms. The van der Waals surface area contributed by atoms with Crippen LogP contribution in [0.5, 0.6) is 0 Å². The van der Waals surface area contributed by atoms with Gasteiger partial charge in [-0.2, -0.15) is 0 Å². The largest absolute Gasteiger partial charge is 0.480 e. The second kappa shape index (κ2) is 9.36. The van der Waals surface area contributed by atoms with Crippen LogP contribution in [0.4, 0.5) is 0 Å². The van der Waals surface area contributed by atoms with Crippen LogP contribution >= 0.6 is 0 Å². The van der Waals surface area contributed by atoms with E-state index in [4.69, 9.17) is 0 Å². The second-order valence-electron chi connectivity index (χ2n) is 7.52. The maximum absolute atomic E-state index is 12.3. The van der Waals surface area contributed by atoms with E-state index in [1.807, 2.05) is 34.6 Å². The summed E-state index contributed by atoms with van der Waals surface area (Å²) < 4.78 is 0. The average molecular weight is 362 g/mol. The minimum atomic E-state index is -1.05. The zero-order valence-electron chi connectivity index (χ0n) is 16.3. The molecule has 2 amide bonds. The molecule has 2 N–H and O–H groups in total. The molecule has 26 heavy (non-hydrogen) atoms. The molecule has 1 aromatic rings. The first-order valence-electron chi connectivity index (χ1n) is 9.02. The molecule has 6 heteroatoms. The van der Waals surface area contributed by atoms with Gasteiger partial charge in [0, 0.05) is 24.2 Å². The number of carboxylic acid groups (broad SMARTS) is 1. The molecule has 0 saturated carbocycles. The van der Waals surface area contributed by atoms with Crippen LogP contribution in [0.15, 0.2) is 24.3 Å². The van der Waals surface area contributed by atoms with Crippen molar-refractivity contribution in [3.63, 3.8) is 0 Å². The van der Waals surface area contributed by atoms with E-state index in [0.717, 1.165) is 0 Å².